The zero-order valence-electron chi connectivity index (χ0n) is 13.8. The molecule has 1 aromatic rings. The van der Waals surface area contributed by atoms with Crippen LogP contribution in [0.2, 0.25) is 0 Å². The minimum absolute atomic E-state index is 0.120. The van der Waals surface area contributed by atoms with Crippen molar-refractivity contribution in [3.63, 3.8) is 0 Å². The van der Waals surface area contributed by atoms with E-state index in [2.05, 4.69) is 9.13 Å². The number of hydrogen-bond donors (Lipinski definition) is 1. The van der Waals surface area contributed by atoms with Gasteiger partial charge in [-0.25, -0.2) is 0 Å². The van der Waals surface area contributed by atoms with E-state index in [4.69, 9.17) is 0 Å². The van der Waals surface area contributed by atoms with Gasteiger partial charge in [-0.2, -0.15) is 47.9 Å². The molecule has 1 aromatic carbocycles. The highest BCUT2D eigenvalue weighted by atomic mass is 32.2. The van der Waals surface area contributed by atoms with Gasteiger partial charge in [0, 0.05) is 5.69 Å². The molecular formula is C13H11F9N2O3S. The SMILES string of the molecule is CC(C)OC(=NS(=O)(=O)C(F)(F)F)Nc1cc(C(F)(F)F)cc(C(F)(F)F)c1. The second-order valence-corrected chi connectivity index (χ2v) is 7.00. The fraction of sp³-hybridized carbons (Fsp3) is 0.462. The largest absolute Gasteiger partial charge is 0.518 e. The van der Waals surface area contributed by atoms with Gasteiger partial charge >= 0.3 is 33.9 Å². The summed E-state index contributed by atoms with van der Waals surface area (Å²) >= 11 is 0. The normalized spacial score (nSPS) is 14.4. The smallest absolute Gasteiger partial charge is 0.462 e. The zero-order chi connectivity index (χ0) is 22.1. The molecular weight excluding hydrogens is 435 g/mol. The van der Waals surface area contributed by atoms with Crippen molar-refractivity contribution >= 4 is 21.7 Å². The van der Waals surface area contributed by atoms with E-state index < -0.39 is 56.8 Å². The Morgan fingerprint density at radius 1 is 0.929 bits per heavy atom. The number of nitrogens with zero attached hydrogens (tertiary/aromatic N) is 1. The summed E-state index contributed by atoms with van der Waals surface area (Å²) in [6.45, 7) is 2.40. The molecule has 0 fully saturated rings. The van der Waals surface area contributed by atoms with Gasteiger partial charge in [0.25, 0.3) is 0 Å². The van der Waals surface area contributed by atoms with Gasteiger partial charge in [-0.3, -0.25) is 0 Å². The Hall–Kier alpha value is -2.19. The van der Waals surface area contributed by atoms with Gasteiger partial charge in [-0.15, -0.1) is 4.40 Å². The second-order valence-electron chi connectivity index (χ2n) is 5.40. The van der Waals surface area contributed by atoms with Crippen molar-refractivity contribution in [1.82, 2.24) is 0 Å². The summed E-state index contributed by atoms with van der Waals surface area (Å²) < 4.78 is 143. The van der Waals surface area contributed by atoms with Crippen LogP contribution in [0.4, 0.5) is 45.2 Å². The fourth-order valence-corrected chi connectivity index (χ4v) is 2.02. The average Bonchev–Trinajstić information content (AvgIpc) is 2.42. The van der Waals surface area contributed by atoms with Crippen molar-refractivity contribution in [3.8, 4) is 0 Å². The Balaban J connectivity index is 3.51. The molecule has 28 heavy (non-hydrogen) atoms. The highest BCUT2D eigenvalue weighted by Gasteiger charge is 2.47. The number of ether oxygens (including phenoxy) is 1. The molecule has 0 spiro atoms. The maximum Gasteiger partial charge on any atom is 0.518 e. The Morgan fingerprint density at radius 3 is 1.68 bits per heavy atom. The van der Waals surface area contributed by atoms with Crippen LogP contribution < -0.4 is 5.32 Å². The first-order valence-electron chi connectivity index (χ1n) is 6.97. The van der Waals surface area contributed by atoms with Gasteiger partial charge < -0.3 is 10.1 Å². The van der Waals surface area contributed by atoms with Crippen LogP contribution in [0.3, 0.4) is 0 Å². The summed E-state index contributed by atoms with van der Waals surface area (Å²) in [7, 11) is -6.18. The third-order valence-corrected chi connectivity index (χ3v) is 3.67. The average molecular weight is 446 g/mol. The molecule has 1 N–H and O–H groups in total. The molecule has 0 heterocycles. The highest BCUT2D eigenvalue weighted by Crippen LogP contribution is 2.37. The summed E-state index contributed by atoms with van der Waals surface area (Å²) in [6.07, 6.45) is -11.5. The van der Waals surface area contributed by atoms with Crippen molar-refractivity contribution in [3.05, 3.63) is 29.3 Å². The van der Waals surface area contributed by atoms with Gasteiger partial charge in [0.05, 0.1) is 17.2 Å². The quantitative estimate of drug-likeness (QED) is 0.413. The molecule has 160 valence electrons. The Bertz CT molecular complexity index is 808. The molecule has 0 saturated carbocycles. The Labute approximate surface area is 152 Å². The maximum atomic E-state index is 12.8. The van der Waals surface area contributed by atoms with E-state index in [1.807, 2.05) is 0 Å². The maximum absolute atomic E-state index is 12.8. The third kappa shape index (κ3) is 6.45. The molecule has 0 aliphatic carbocycles. The summed E-state index contributed by atoms with van der Waals surface area (Å²) in [5, 5.41) is 1.61. The minimum atomic E-state index is -6.18. The van der Waals surface area contributed by atoms with Gasteiger partial charge in [-0.05, 0) is 32.0 Å². The molecule has 0 aromatic heterocycles. The summed E-state index contributed by atoms with van der Waals surface area (Å²) in [5.41, 5.74) is -10.5. The molecule has 0 saturated heterocycles. The van der Waals surface area contributed by atoms with Crippen molar-refractivity contribution in [1.29, 1.82) is 0 Å². The van der Waals surface area contributed by atoms with Gasteiger partial charge in [0.15, 0.2) is 0 Å². The van der Waals surface area contributed by atoms with Crippen LogP contribution in [0.1, 0.15) is 25.0 Å². The van der Waals surface area contributed by atoms with E-state index in [0.29, 0.717) is 0 Å². The molecule has 0 atom stereocenters. The van der Waals surface area contributed by atoms with Crippen molar-refractivity contribution in [2.45, 2.75) is 37.8 Å². The number of benzene rings is 1. The first kappa shape index (κ1) is 23.8. The summed E-state index contributed by atoms with van der Waals surface area (Å²) in [4.78, 5) is 0. The number of hydrogen-bond acceptors (Lipinski definition) is 3. The predicted octanol–water partition coefficient (Wildman–Crippen LogP) is 4.77. The van der Waals surface area contributed by atoms with Crippen LogP contribution in [0.25, 0.3) is 0 Å². The van der Waals surface area contributed by atoms with Gasteiger partial charge in [-0.1, -0.05) is 0 Å². The van der Waals surface area contributed by atoms with Crippen LogP contribution in [0, 0.1) is 0 Å². The van der Waals surface area contributed by atoms with Crippen LogP contribution in [0.15, 0.2) is 22.6 Å². The molecule has 0 aliphatic rings. The van der Waals surface area contributed by atoms with Crippen LogP contribution in [-0.4, -0.2) is 26.1 Å². The number of sulfonamides is 1. The first-order valence-corrected chi connectivity index (χ1v) is 8.41. The Morgan fingerprint density at radius 2 is 1.36 bits per heavy atom. The molecule has 15 heteroatoms. The van der Waals surface area contributed by atoms with E-state index >= 15 is 0 Å². The van der Waals surface area contributed by atoms with Crippen molar-refractivity contribution in [2.24, 2.45) is 4.40 Å². The third-order valence-electron chi connectivity index (χ3n) is 2.68. The lowest BCUT2D eigenvalue weighted by atomic mass is 10.1. The predicted molar refractivity (Wildman–Crippen MR) is 78.7 cm³/mol. The molecule has 0 unspecified atom stereocenters. The molecule has 0 bridgehead atoms. The number of alkyl halides is 9. The van der Waals surface area contributed by atoms with E-state index in [0.717, 1.165) is 0 Å². The van der Waals surface area contributed by atoms with Crippen LogP contribution >= 0.6 is 0 Å². The van der Waals surface area contributed by atoms with Crippen LogP contribution in [0.5, 0.6) is 0 Å². The van der Waals surface area contributed by atoms with E-state index in [1.165, 1.54) is 13.8 Å². The molecule has 5 nitrogen and oxygen atoms in total. The number of nitrogens with one attached hydrogen (secondary N) is 1. The standard InChI is InChI=1S/C13H11F9N2O3S/c1-6(2)27-10(24-28(25,26)13(20,21)22)23-9-4-7(11(14,15)16)3-8(5-9)12(17,18)19/h3-6H,1-2H3,(H,23,24). The molecule has 0 radical (unpaired) electrons. The van der Waals surface area contributed by atoms with Gasteiger partial charge in [0.1, 0.15) is 0 Å². The Kier molecular flexibility index (Phi) is 6.54. The van der Waals surface area contributed by atoms with Crippen molar-refractivity contribution < 1.29 is 52.7 Å². The lowest BCUT2D eigenvalue weighted by molar-refractivity contribution is -0.143. The monoisotopic (exact) mass is 446 g/mol. The summed E-state index contributed by atoms with van der Waals surface area (Å²) in [6, 6.07) is -1.44. The van der Waals surface area contributed by atoms with E-state index in [-0.39, 0.29) is 18.2 Å². The highest BCUT2D eigenvalue weighted by molar-refractivity contribution is 7.91. The lowest BCUT2D eigenvalue weighted by Crippen LogP contribution is -2.27. The molecule has 0 amide bonds. The van der Waals surface area contributed by atoms with Gasteiger partial charge in [0.2, 0.25) is 0 Å². The van der Waals surface area contributed by atoms with E-state index in [9.17, 15) is 47.9 Å². The van der Waals surface area contributed by atoms with Crippen molar-refractivity contribution in [2.75, 3.05) is 5.32 Å². The summed E-state index contributed by atoms with van der Waals surface area (Å²) in [5.74, 6) is 0. The topological polar surface area (TPSA) is 67.8 Å². The lowest BCUT2D eigenvalue weighted by Gasteiger charge is -2.17. The number of halogens is 9. The number of amidine groups is 1. The molecule has 0 aliphatic heterocycles. The minimum Gasteiger partial charge on any atom is -0.462 e. The first-order chi connectivity index (χ1) is 12.3. The zero-order valence-corrected chi connectivity index (χ0v) is 14.6. The van der Waals surface area contributed by atoms with E-state index in [1.54, 1.807) is 5.32 Å². The number of anilines is 1. The van der Waals surface area contributed by atoms with Crippen LogP contribution in [-0.2, 0) is 27.1 Å². The fourth-order valence-electron chi connectivity index (χ4n) is 1.61. The number of rotatable bonds is 3. The molecule has 1 rings (SSSR count). The second kappa shape index (κ2) is 7.67.